The quantitative estimate of drug-likeness (QED) is 0.906. The Morgan fingerprint density at radius 3 is 2.73 bits per heavy atom. The Hall–Kier alpha value is -3.03. The predicted octanol–water partition coefficient (Wildman–Crippen LogP) is 0.896. The maximum absolute atomic E-state index is 11.8. The molecule has 1 aromatic carbocycles. The van der Waals surface area contributed by atoms with Crippen LogP contribution in [0.3, 0.4) is 0 Å². The van der Waals surface area contributed by atoms with E-state index in [0.717, 1.165) is 0 Å². The minimum Gasteiger partial charge on any atom is -0.434 e. The molecule has 2 aromatic rings. The van der Waals surface area contributed by atoms with Crippen LogP contribution in [0.1, 0.15) is 6.92 Å². The molecule has 0 bridgehead atoms. The van der Waals surface area contributed by atoms with Gasteiger partial charge < -0.3 is 14.9 Å². The number of anilines is 1. The van der Waals surface area contributed by atoms with Gasteiger partial charge in [-0.3, -0.25) is 9.69 Å². The number of fused-ring (bicyclic) bond motifs is 1. The molecule has 1 aromatic heterocycles. The lowest BCUT2D eigenvalue weighted by atomic mass is 10.2. The van der Waals surface area contributed by atoms with Crippen LogP contribution in [0.25, 0.3) is 16.8 Å². The van der Waals surface area contributed by atoms with Crippen molar-refractivity contribution in [3.8, 4) is 0 Å². The van der Waals surface area contributed by atoms with Crippen LogP contribution < -0.4 is 16.4 Å². The smallest absolute Gasteiger partial charge is 0.424 e. The number of ether oxygens (including phenoxy) is 1. The Bertz CT molecular complexity index is 863. The van der Waals surface area contributed by atoms with Crippen LogP contribution in [0.5, 0.6) is 0 Å². The van der Waals surface area contributed by atoms with Gasteiger partial charge >= 0.3 is 11.8 Å². The summed E-state index contributed by atoms with van der Waals surface area (Å²) in [6, 6.07) is 4.79. The molecule has 0 radical (unpaired) electrons. The lowest BCUT2D eigenvalue weighted by molar-refractivity contribution is -0.124. The second-order valence-electron chi connectivity index (χ2n) is 4.98. The summed E-state index contributed by atoms with van der Waals surface area (Å²) in [5, 5.41) is 0. The zero-order valence-electron chi connectivity index (χ0n) is 11.7. The third-order valence-corrected chi connectivity index (χ3v) is 3.39. The Kier molecular flexibility index (Phi) is 3.01. The summed E-state index contributed by atoms with van der Waals surface area (Å²) in [5.41, 5.74) is 6.95. The highest BCUT2D eigenvalue weighted by Crippen LogP contribution is 2.26. The molecule has 8 nitrogen and oxygen atoms in total. The second-order valence-corrected chi connectivity index (χ2v) is 4.98. The van der Waals surface area contributed by atoms with Gasteiger partial charge in [0.15, 0.2) is 11.7 Å². The fraction of sp³-hybridized carbons (Fsp3) is 0.214. The number of aromatic nitrogens is 1. The largest absolute Gasteiger partial charge is 0.434 e. The lowest BCUT2D eigenvalue weighted by Crippen LogP contribution is -2.32. The van der Waals surface area contributed by atoms with Crippen molar-refractivity contribution in [3.05, 3.63) is 35.3 Å². The molecule has 2 amide bonds. The minimum atomic E-state index is -0.991. The van der Waals surface area contributed by atoms with Gasteiger partial charge in [-0.25, -0.2) is 14.2 Å². The molecule has 1 saturated heterocycles. The first-order chi connectivity index (χ1) is 10.4. The van der Waals surface area contributed by atoms with Gasteiger partial charge in [-0.2, -0.15) is 0 Å². The molecule has 0 spiro atoms. The standard InChI is InChI=1S/C14H13N3O5/c1-7(2)17-9-4-3-8(5-10(9)21-14(17)20)16-6-11(12(15)18)22-13(16)19/h3-5,11H,1,6H2,2H3,(H2,15,18)/t11-/m1/s1. The average molecular weight is 303 g/mol. The number of hydrogen-bond donors (Lipinski definition) is 1. The van der Waals surface area contributed by atoms with Gasteiger partial charge in [-0.05, 0) is 19.1 Å². The van der Waals surface area contributed by atoms with E-state index in [4.69, 9.17) is 14.9 Å². The van der Waals surface area contributed by atoms with Crippen LogP contribution >= 0.6 is 0 Å². The van der Waals surface area contributed by atoms with Crippen molar-refractivity contribution < 1.29 is 18.7 Å². The number of allylic oxidation sites excluding steroid dienone is 1. The van der Waals surface area contributed by atoms with Crippen LogP contribution in [0, 0.1) is 0 Å². The fourth-order valence-corrected chi connectivity index (χ4v) is 2.36. The minimum absolute atomic E-state index is 0.0189. The number of cyclic esters (lactones) is 1. The summed E-state index contributed by atoms with van der Waals surface area (Å²) in [6.07, 6.45) is -1.67. The number of benzene rings is 1. The fourth-order valence-electron chi connectivity index (χ4n) is 2.36. The van der Waals surface area contributed by atoms with Gasteiger partial charge in [0, 0.05) is 11.8 Å². The lowest BCUT2D eigenvalue weighted by Gasteiger charge is -2.12. The molecule has 1 atom stereocenters. The van der Waals surface area contributed by atoms with E-state index in [1.165, 1.54) is 15.5 Å². The Labute approximate surface area is 124 Å². The van der Waals surface area contributed by atoms with E-state index in [1.807, 2.05) is 0 Å². The Balaban J connectivity index is 2.03. The molecule has 2 N–H and O–H groups in total. The number of oxazole rings is 1. The van der Waals surface area contributed by atoms with Crippen LogP contribution in [0.2, 0.25) is 0 Å². The van der Waals surface area contributed by atoms with Crippen molar-refractivity contribution >= 4 is 34.5 Å². The summed E-state index contributed by atoms with van der Waals surface area (Å²) in [7, 11) is 0. The van der Waals surface area contributed by atoms with E-state index in [9.17, 15) is 14.4 Å². The molecule has 0 unspecified atom stereocenters. The predicted molar refractivity (Wildman–Crippen MR) is 78.3 cm³/mol. The van der Waals surface area contributed by atoms with Gasteiger partial charge in [0.1, 0.15) is 0 Å². The SMILES string of the molecule is C=C(C)n1c(=O)oc2cc(N3C[C@H](C(N)=O)OC3=O)ccc21. The van der Waals surface area contributed by atoms with Crippen LogP contribution in [-0.4, -0.2) is 29.2 Å². The number of amides is 2. The first-order valence-corrected chi connectivity index (χ1v) is 6.47. The van der Waals surface area contributed by atoms with Crippen molar-refractivity contribution in [2.75, 3.05) is 11.4 Å². The average Bonchev–Trinajstić information content (AvgIpc) is 2.97. The third kappa shape index (κ3) is 2.05. The molecule has 2 heterocycles. The molecule has 8 heteroatoms. The summed E-state index contributed by atoms with van der Waals surface area (Å²) in [4.78, 5) is 35.9. The van der Waals surface area contributed by atoms with Crippen molar-refractivity contribution in [1.82, 2.24) is 4.57 Å². The summed E-state index contributed by atoms with van der Waals surface area (Å²) < 4.78 is 11.3. The zero-order chi connectivity index (χ0) is 16.0. The molecular weight excluding hydrogens is 290 g/mol. The Morgan fingerprint density at radius 2 is 2.14 bits per heavy atom. The zero-order valence-corrected chi connectivity index (χ0v) is 11.7. The summed E-state index contributed by atoms with van der Waals surface area (Å²) in [6.45, 7) is 5.42. The monoisotopic (exact) mass is 303 g/mol. The molecule has 1 aliphatic rings. The highest BCUT2D eigenvalue weighted by molar-refractivity contribution is 5.96. The number of hydrogen-bond acceptors (Lipinski definition) is 5. The maximum atomic E-state index is 11.8. The van der Waals surface area contributed by atoms with Crippen molar-refractivity contribution in [2.24, 2.45) is 5.73 Å². The van der Waals surface area contributed by atoms with Crippen molar-refractivity contribution in [2.45, 2.75) is 13.0 Å². The molecule has 22 heavy (non-hydrogen) atoms. The van der Waals surface area contributed by atoms with Gasteiger partial charge in [-0.1, -0.05) is 6.58 Å². The summed E-state index contributed by atoms with van der Waals surface area (Å²) >= 11 is 0. The van der Waals surface area contributed by atoms with E-state index in [0.29, 0.717) is 22.5 Å². The number of primary amides is 1. The van der Waals surface area contributed by atoms with Crippen LogP contribution in [0.4, 0.5) is 10.5 Å². The summed E-state index contributed by atoms with van der Waals surface area (Å²) in [5.74, 6) is -1.27. The van der Waals surface area contributed by atoms with Crippen LogP contribution in [-0.2, 0) is 9.53 Å². The molecule has 1 fully saturated rings. The second kappa shape index (κ2) is 4.76. The molecular formula is C14H13N3O5. The van der Waals surface area contributed by atoms with Gasteiger partial charge in [-0.15, -0.1) is 0 Å². The normalized spacial score (nSPS) is 17.8. The first-order valence-electron chi connectivity index (χ1n) is 6.47. The van der Waals surface area contributed by atoms with Crippen molar-refractivity contribution in [3.63, 3.8) is 0 Å². The van der Waals surface area contributed by atoms with Crippen LogP contribution in [0.15, 0.2) is 34.0 Å². The highest BCUT2D eigenvalue weighted by Gasteiger charge is 2.36. The van der Waals surface area contributed by atoms with E-state index in [-0.39, 0.29) is 6.54 Å². The molecule has 114 valence electrons. The van der Waals surface area contributed by atoms with E-state index in [1.54, 1.807) is 19.1 Å². The van der Waals surface area contributed by atoms with E-state index >= 15 is 0 Å². The Morgan fingerprint density at radius 1 is 1.41 bits per heavy atom. The molecule has 0 aliphatic carbocycles. The van der Waals surface area contributed by atoms with Gasteiger partial charge in [0.2, 0.25) is 0 Å². The first kappa shape index (κ1) is 13.9. The van der Waals surface area contributed by atoms with E-state index in [2.05, 4.69) is 6.58 Å². The molecule has 1 aliphatic heterocycles. The molecule has 3 rings (SSSR count). The number of nitrogens with two attached hydrogens (primary N) is 1. The number of rotatable bonds is 3. The van der Waals surface area contributed by atoms with E-state index < -0.39 is 23.9 Å². The number of nitrogens with zero attached hydrogens (tertiary/aromatic N) is 2. The molecule has 0 saturated carbocycles. The number of carbonyl (C=O) groups excluding carboxylic acids is 2. The van der Waals surface area contributed by atoms with Gasteiger partial charge in [0.25, 0.3) is 5.91 Å². The highest BCUT2D eigenvalue weighted by atomic mass is 16.6. The maximum Gasteiger partial charge on any atom is 0.424 e. The van der Waals surface area contributed by atoms with Crippen molar-refractivity contribution in [1.29, 1.82) is 0 Å². The van der Waals surface area contributed by atoms with Gasteiger partial charge in [0.05, 0.1) is 17.7 Å². The third-order valence-electron chi connectivity index (χ3n) is 3.39. The topological polar surface area (TPSA) is 108 Å². The number of carbonyl (C=O) groups is 2.